The second-order valence-electron chi connectivity index (χ2n) is 5.15. The second kappa shape index (κ2) is 6.98. The molecule has 2 rings (SSSR count). The van der Waals surface area contributed by atoms with Crippen LogP contribution in [0, 0.1) is 5.92 Å². The average Bonchev–Trinajstić information content (AvgIpc) is 3.27. The molecular weight excluding hydrogens is 236 g/mol. The minimum atomic E-state index is -0.104. The van der Waals surface area contributed by atoms with Gasteiger partial charge in [0.2, 0.25) is 0 Å². The predicted octanol–water partition coefficient (Wildman–Crippen LogP) is 3.23. The molecule has 1 saturated carbocycles. The van der Waals surface area contributed by atoms with Crippen molar-refractivity contribution in [3.05, 3.63) is 47.7 Å². The number of carbonyl (C=O) groups is 1. The van der Waals surface area contributed by atoms with Crippen molar-refractivity contribution in [1.82, 2.24) is 10.6 Å². The summed E-state index contributed by atoms with van der Waals surface area (Å²) >= 11 is 0. The molecule has 0 heterocycles. The Bertz CT molecular complexity index is 435. The molecule has 1 aliphatic carbocycles. The normalized spacial score (nSPS) is 15.1. The van der Waals surface area contributed by atoms with Gasteiger partial charge in [-0.05, 0) is 44.1 Å². The van der Waals surface area contributed by atoms with Gasteiger partial charge in [-0.1, -0.05) is 35.9 Å². The van der Waals surface area contributed by atoms with Crippen LogP contribution in [-0.2, 0) is 6.42 Å². The Balaban J connectivity index is 1.57. The fourth-order valence-electron chi connectivity index (χ4n) is 2.03. The maximum absolute atomic E-state index is 11.5. The number of nitrogens with one attached hydrogen (secondary N) is 2. The van der Waals surface area contributed by atoms with Crippen molar-refractivity contribution in [2.45, 2.75) is 32.6 Å². The summed E-state index contributed by atoms with van der Waals surface area (Å²) in [4.78, 5) is 11.5. The van der Waals surface area contributed by atoms with Crippen LogP contribution in [0.15, 0.2) is 42.1 Å². The van der Waals surface area contributed by atoms with Crippen LogP contribution in [0.25, 0.3) is 0 Å². The van der Waals surface area contributed by atoms with Gasteiger partial charge in [-0.3, -0.25) is 0 Å². The fourth-order valence-corrected chi connectivity index (χ4v) is 2.03. The molecule has 1 aromatic carbocycles. The van der Waals surface area contributed by atoms with Crippen molar-refractivity contribution in [3.8, 4) is 0 Å². The molecule has 0 aromatic heterocycles. The zero-order valence-electron chi connectivity index (χ0n) is 11.5. The highest BCUT2D eigenvalue weighted by molar-refractivity contribution is 5.74. The lowest BCUT2D eigenvalue weighted by Gasteiger charge is -2.05. The van der Waals surface area contributed by atoms with Crippen LogP contribution in [0.5, 0.6) is 0 Å². The molecular formula is C16H22N2O. The van der Waals surface area contributed by atoms with Gasteiger partial charge in [-0.25, -0.2) is 4.79 Å². The first-order valence-electron chi connectivity index (χ1n) is 7.00. The third kappa shape index (κ3) is 5.16. The Morgan fingerprint density at radius 1 is 1.32 bits per heavy atom. The molecule has 1 aliphatic rings. The summed E-state index contributed by atoms with van der Waals surface area (Å²) in [5, 5.41) is 5.66. The number of benzene rings is 1. The third-order valence-corrected chi connectivity index (χ3v) is 3.42. The van der Waals surface area contributed by atoms with E-state index in [1.54, 1.807) is 0 Å². The zero-order chi connectivity index (χ0) is 13.5. The third-order valence-electron chi connectivity index (χ3n) is 3.42. The van der Waals surface area contributed by atoms with Gasteiger partial charge in [-0.15, -0.1) is 0 Å². The second-order valence-corrected chi connectivity index (χ2v) is 5.15. The van der Waals surface area contributed by atoms with Crippen molar-refractivity contribution in [2.75, 3.05) is 6.54 Å². The molecule has 2 N–H and O–H groups in total. The van der Waals surface area contributed by atoms with E-state index in [4.69, 9.17) is 0 Å². The van der Waals surface area contributed by atoms with E-state index in [0.29, 0.717) is 12.5 Å². The number of allylic oxidation sites excluding steroid dienone is 1. The van der Waals surface area contributed by atoms with Crippen LogP contribution in [0.2, 0.25) is 0 Å². The number of aryl methyl sites for hydroxylation is 1. The van der Waals surface area contributed by atoms with E-state index in [1.165, 1.54) is 24.0 Å². The van der Waals surface area contributed by atoms with E-state index in [-0.39, 0.29) is 6.03 Å². The quantitative estimate of drug-likeness (QED) is 0.756. The molecule has 0 aliphatic heterocycles. The standard InChI is InChI=1S/C16H22N2O/c1-13(15-9-10-15)12-18-16(19)17-11-5-8-14-6-3-2-4-7-14/h2-4,6-7,12,15H,5,8-11H2,1H3,(H2,17,18,19)/b13-12+. The monoisotopic (exact) mass is 258 g/mol. The maximum Gasteiger partial charge on any atom is 0.318 e. The Morgan fingerprint density at radius 2 is 2.05 bits per heavy atom. The van der Waals surface area contributed by atoms with E-state index in [1.807, 2.05) is 24.4 Å². The first kappa shape index (κ1) is 13.7. The SMILES string of the molecule is C/C(=C\NC(=O)NCCCc1ccccc1)C1CC1. The molecule has 0 bridgehead atoms. The first-order chi connectivity index (χ1) is 9.25. The van der Waals surface area contributed by atoms with E-state index >= 15 is 0 Å². The Labute approximate surface area is 115 Å². The number of urea groups is 1. The summed E-state index contributed by atoms with van der Waals surface area (Å²) in [5.41, 5.74) is 2.59. The smallest absolute Gasteiger partial charge is 0.318 e. The number of amides is 2. The van der Waals surface area contributed by atoms with Crippen molar-refractivity contribution >= 4 is 6.03 Å². The molecule has 0 saturated heterocycles. The van der Waals surface area contributed by atoms with Gasteiger partial charge in [0.05, 0.1) is 0 Å². The molecule has 102 valence electrons. The number of carbonyl (C=O) groups excluding carboxylic acids is 1. The summed E-state index contributed by atoms with van der Waals surface area (Å²) < 4.78 is 0. The molecule has 1 fully saturated rings. The van der Waals surface area contributed by atoms with Crippen molar-refractivity contribution in [2.24, 2.45) is 5.92 Å². The molecule has 1 aromatic rings. The van der Waals surface area contributed by atoms with Crippen LogP contribution in [0.3, 0.4) is 0 Å². The predicted molar refractivity (Wildman–Crippen MR) is 77.8 cm³/mol. The van der Waals surface area contributed by atoms with E-state index in [9.17, 15) is 4.79 Å². The maximum atomic E-state index is 11.5. The fraction of sp³-hybridized carbons (Fsp3) is 0.438. The molecule has 3 nitrogen and oxygen atoms in total. The topological polar surface area (TPSA) is 41.1 Å². The van der Waals surface area contributed by atoms with Crippen LogP contribution < -0.4 is 10.6 Å². The lowest BCUT2D eigenvalue weighted by Crippen LogP contribution is -2.33. The number of rotatable bonds is 6. The van der Waals surface area contributed by atoms with Gasteiger partial charge in [0.1, 0.15) is 0 Å². The van der Waals surface area contributed by atoms with E-state index in [2.05, 4.69) is 29.7 Å². The molecule has 0 radical (unpaired) electrons. The molecule has 0 atom stereocenters. The summed E-state index contributed by atoms with van der Waals surface area (Å²) in [5.74, 6) is 0.707. The number of hydrogen-bond acceptors (Lipinski definition) is 1. The minimum absolute atomic E-state index is 0.104. The van der Waals surface area contributed by atoms with Crippen molar-refractivity contribution in [3.63, 3.8) is 0 Å². The highest BCUT2D eigenvalue weighted by Gasteiger charge is 2.22. The summed E-state index contributed by atoms with van der Waals surface area (Å²) in [6.07, 6.45) is 6.33. The lowest BCUT2D eigenvalue weighted by molar-refractivity contribution is 0.244. The van der Waals surface area contributed by atoms with Gasteiger partial charge < -0.3 is 10.6 Å². The van der Waals surface area contributed by atoms with Crippen molar-refractivity contribution in [1.29, 1.82) is 0 Å². The average molecular weight is 258 g/mol. The highest BCUT2D eigenvalue weighted by atomic mass is 16.2. The molecule has 3 heteroatoms. The van der Waals surface area contributed by atoms with Crippen LogP contribution in [-0.4, -0.2) is 12.6 Å². The molecule has 0 unspecified atom stereocenters. The van der Waals surface area contributed by atoms with Gasteiger partial charge in [0, 0.05) is 12.7 Å². The number of hydrogen-bond donors (Lipinski definition) is 2. The van der Waals surface area contributed by atoms with Gasteiger partial charge in [-0.2, -0.15) is 0 Å². The van der Waals surface area contributed by atoms with Crippen LogP contribution in [0.4, 0.5) is 4.79 Å². The largest absolute Gasteiger partial charge is 0.338 e. The molecule has 2 amide bonds. The Morgan fingerprint density at radius 3 is 2.74 bits per heavy atom. The molecule has 19 heavy (non-hydrogen) atoms. The van der Waals surface area contributed by atoms with Crippen LogP contribution in [0.1, 0.15) is 31.7 Å². The molecule has 0 spiro atoms. The lowest BCUT2D eigenvalue weighted by atomic mass is 10.1. The summed E-state index contributed by atoms with van der Waals surface area (Å²) in [7, 11) is 0. The van der Waals surface area contributed by atoms with E-state index in [0.717, 1.165) is 12.8 Å². The van der Waals surface area contributed by atoms with Gasteiger partial charge >= 0.3 is 6.03 Å². The summed E-state index contributed by atoms with van der Waals surface area (Å²) in [6, 6.07) is 10.2. The zero-order valence-corrected chi connectivity index (χ0v) is 11.5. The Kier molecular flexibility index (Phi) is 5.01. The Hall–Kier alpha value is -1.77. The first-order valence-corrected chi connectivity index (χ1v) is 7.00. The van der Waals surface area contributed by atoms with Crippen molar-refractivity contribution < 1.29 is 4.79 Å². The van der Waals surface area contributed by atoms with Gasteiger partial charge in [0.25, 0.3) is 0 Å². The van der Waals surface area contributed by atoms with Gasteiger partial charge in [0.15, 0.2) is 0 Å². The van der Waals surface area contributed by atoms with Crippen LogP contribution >= 0.6 is 0 Å². The van der Waals surface area contributed by atoms with E-state index < -0.39 is 0 Å². The highest BCUT2D eigenvalue weighted by Crippen LogP contribution is 2.35. The minimum Gasteiger partial charge on any atom is -0.338 e. The summed E-state index contributed by atoms with van der Waals surface area (Å²) in [6.45, 7) is 2.78.